The summed E-state index contributed by atoms with van der Waals surface area (Å²) >= 11 is 0. The van der Waals surface area contributed by atoms with E-state index in [0.29, 0.717) is 0 Å². The number of carbonyl (C=O) groups is 1. The van der Waals surface area contributed by atoms with Crippen molar-refractivity contribution >= 4 is 11.8 Å². The fourth-order valence-corrected chi connectivity index (χ4v) is 0.812. The fourth-order valence-electron chi connectivity index (χ4n) is 0.812. The quantitative estimate of drug-likeness (QED) is 0.691. The molecule has 0 radical (unpaired) electrons. The van der Waals surface area contributed by atoms with Crippen LogP contribution in [0.25, 0.3) is 0 Å². The van der Waals surface area contributed by atoms with Gasteiger partial charge in [-0.15, -0.1) is 0 Å². The Balaban J connectivity index is 3.01. The van der Waals surface area contributed by atoms with E-state index in [9.17, 15) is 9.18 Å². The minimum absolute atomic E-state index is 0.172. The Morgan fingerprint density at radius 1 is 1.62 bits per heavy atom. The van der Waals surface area contributed by atoms with Gasteiger partial charge in [0.25, 0.3) is 0 Å². The maximum absolute atomic E-state index is 12.7. The van der Waals surface area contributed by atoms with E-state index in [1.165, 1.54) is 6.07 Å². The lowest BCUT2D eigenvalue weighted by atomic mass is 10.2. The summed E-state index contributed by atoms with van der Waals surface area (Å²) in [6.07, 6.45) is -1.25. The molecule has 0 aliphatic rings. The first kappa shape index (κ1) is 9.00. The zero-order valence-electron chi connectivity index (χ0n) is 6.41. The SMILES string of the molecule is N#Cc1cc(NC(=O)O)ccc1F. The lowest BCUT2D eigenvalue weighted by Gasteiger charge is -2.00. The first-order valence-corrected chi connectivity index (χ1v) is 3.33. The van der Waals surface area contributed by atoms with E-state index in [4.69, 9.17) is 10.4 Å². The molecular weight excluding hydrogens is 175 g/mol. The first-order valence-electron chi connectivity index (χ1n) is 3.33. The van der Waals surface area contributed by atoms with E-state index in [0.717, 1.165) is 12.1 Å². The van der Waals surface area contributed by atoms with Gasteiger partial charge in [-0.25, -0.2) is 9.18 Å². The number of halogens is 1. The molecule has 0 aromatic heterocycles. The van der Waals surface area contributed by atoms with Gasteiger partial charge in [0, 0.05) is 5.69 Å². The molecule has 0 saturated carbocycles. The molecule has 1 rings (SSSR count). The topological polar surface area (TPSA) is 73.1 Å². The molecule has 0 aliphatic carbocycles. The number of nitriles is 1. The highest BCUT2D eigenvalue weighted by Crippen LogP contribution is 2.13. The highest BCUT2D eigenvalue weighted by atomic mass is 19.1. The number of amides is 1. The number of rotatable bonds is 1. The van der Waals surface area contributed by atoms with Crippen molar-refractivity contribution in [3.8, 4) is 6.07 Å². The van der Waals surface area contributed by atoms with Crippen molar-refractivity contribution in [3.05, 3.63) is 29.6 Å². The maximum atomic E-state index is 12.7. The maximum Gasteiger partial charge on any atom is 0.409 e. The van der Waals surface area contributed by atoms with Crippen LogP contribution in [0.5, 0.6) is 0 Å². The second kappa shape index (κ2) is 3.54. The molecule has 0 unspecified atom stereocenters. The van der Waals surface area contributed by atoms with Crippen molar-refractivity contribution in [3.63, 3.8) is 0 Å². The van der Waals surface area contributed by atoms with Crippen LogP contribution in [0.2, 0.25) is 0 Å². The molecule has 0 bridgehead atoms. The zero-order valence-corrected chi connectivity index (χ0v) is 6.41. The van der Waals surface area contributed by atoms with E-state index < -0.39 is 11.9 Å². The van der Waals surface area contributed by atoms with Gasteiger partial charge in [0.15, 0.2) is 0 Å². The Hall–Kier alpha value is -2.09. The van der Waals surface area contributed by atoms with Crippen LogP contribution in [0.15, 0.2) is 18.2 Å². The number of nitrogens with zero attached hydrogens (tertiary/aromatic N) is 1. The number of nitrogens with one attached hydrogen (secondary N) is 1. The number of hydrogen-bond acceptors (Lipinski definition) is 2. The van der Waals surface area contributed by atoms with Crippen LogP contribution in [0.3, 0.4) is 0 Å². The van der Waals surface area contributed by atoms with E-state index in [2.05, 4.69) is 0 Å². The number of hydrogen-bond donors (Lipinski definition) is 2. The summed E-state index contributed by atoms with van der Waals surface area (Å²) in [4.78, 5) is 10.2. The predicted octanol–water partition coefficient (Wildman–Crippen LogP) is 1.79. The molecule has 2 N–H and O–H groups in total. The minimum Gasteiger partial charge on any atom is -0.465 e. The molecule has 0 heterocycles. The van der Waals surface area contributed by atoms with Gasteiger partial charge in [0.05, 0.1) is 5.56 Å². The third-order valence-electron chi connectivity index (χ3n) is 1.34. The molecule has 0 spiro atoms. The second-order valence-corrected chi connectivity index (χ2v) is 2.24. The third kappa shape index (κ3) is 2.17. The van der Waals surface area contributed by atoms with E-state index in [1.54, 1.807) is 6.07 Å². The summed E-state index contributed by atoms with van der Waals surface area (Å²) in [6.45, 7) is 0. The molecule has 4 nitrogen and oxygen atoms in total. The van der Waals surface area contributed by atoms with Crippen LogP contribution in [0.1, 0.15) is 5.56 Å². The smallest absolute Gasteiger partial charge is 0.409 e. The van der Waals surface area contributed by atoms with Gasteiger partial charge in [-0.3, -0.25) is 5.32 Å². The highest BCUT2D eigenvalue weighted by Gasteiger charge is 2.03. The minimum atomic E-state index is -1.25. The van der Waals surface area contributed by atoms with Gasteiger partial charge in [-0.1, -0.05) is 0 Å². The summed E-state index contributed by atoms with van der Waals surface area (Å²) in [5, 5.41) is 18.7. The molecule has 0 aliphatic heterocycles. The molecule has 66 valence electrons. The lowest BCUT2D eigenvalue weighted by Crippen LogP contribution is -2.07. The Bertz CT molecular complexity index is 384. The van der Waals surface area contributed by atoms with Crippen molar-refractivity contribution in [2.45, 2.75) is 0 Å². The Morgan fingerprint density at radius 3 is 2.85 bits per heavy atom. The molecular formula is C8H5FN2O2. The van der Waals surface area contributed by atoms with Crippen LogP contribution in [0.4, 0.5) is 14.9 Å². The Kier molecular flexibility index (Phi) is 2.45. The normalized spacial score (nSPS) is 8.92. The first-order chi connectivity index (χ1) is 6.13. The molecule has 1 amide bonds. The lowest BCUT2D eigenvalue weighted by molar-refractivity contribution is 0.209. The van der Waals surface area contributed by atoms with Gasteiger partial charge in [0.1, 0.15) is 11.9 Å². The van der Waals surface area contributed by atoms with E-state index >= 15 is 0 Å². The Morgan fingerprint density at radius 2 is 2.31 bits per heavy atom. The monoisotopic (exact) mass is 180 g/mol. The molecule has 0 atom stereocenters. The summed E-state index contributed by atoms with van der Waals surface area (Å²) < 4.78 is 12.7. The van der Waals surface area contributed by atoms with Crippen molar-refractivity contribution in [2.75, 3.05) is 5.32 Å². The summed E-state index contributed by atoms with van der Waals surface area (Å²) in [5.74, 6) is -0.668. The molecule has 0 fully saturated rings. The van der Waals surface area contributed by atoms with Gasteiger partial charge >= 0.3 is 6.09 Å². The van der Waals surface area contributed by atoms with Crippen LogP contribution < -0.4 is 5.32 Å². The van der Waals surface area contributed by atoms with Crippen molar-refractivity contribution in [1.29, 1.82) is 5.26 Å². The number of carboxylic acid groups (broad SMARTS) is 1. The van der Waals surface area contributed by atoms with Crippen LogP contribution >= 0.6 is 0 Å². The largest absolute Gasteiger partial charge is 0.465 e. The Labute approximate surface area is 73.2 Å². The molecule has 0 saturated heterocycles. The second-order valence-electron chi connectivity index (χ2n) is 2.24. The summed E-state index contributed by atoms with van der Waals surface area (Å²) in [6, 6.07) is 5.00. The van der Waals surface area contributed by atoms with E-state index in [1.807, 2.05) is 5.32 Å². The standard InChI is InChI=1S/C8H5FN2O2/c9-7-2-1-6(11-8(12)13)3-5(7)4-10/h1-3,11H,(H,12,13). The van der Waals surface area contributed by atoms with Crippen LogP contribution in [0, 0.1) is 17.1 Å². The predicted molar refractivity (Wildman–Crippen MR) is 42.8 cm³/mol. The van der Waals surface area contributed by atoms with Gasteiger partial charge < -0.3 is 5.11 Å². The zero-order chi connectivity index (χ0) is 9.84. The molecule has 5 heteroatoms. The van der Waals surface area contributed by atoms with Gasteiger partial charge in [0.2, 0.25) is 0 Å². The average molecular weight is 180 g/mol. The molecule has 13 heavy (non-hydrogen) atoms. The van der Waals surface area contributed by atoms with Gasteiger partial charge in [-0.2, -0.15) is 5.26 Å². The number of benzene rings is 1. The fraction of sp³-hybridized carbons (Fsp3) is 0. The van der Waals surface area contributed by atoms with Crippen molar-refractivity contribution in [1.82, 2.24) is 0 Å². The third-order valence-corrected chi connectivity index (χ3v) is 1.34. The van der Waals surface area contributed by atoms with Crippen LogP contribution in [-0.4, -0.2) is 11.2 Å². The average Bonchev–Trinajstić information content (AvgIpc) is 2.07. The van der Waals surface area contributed by atoms with Crippen molar-refractivity contribution in [2.24, 2.45) is 0 Å². The van der Waals surface area contributed by atoms with Crippen molar-refractivity contribution < 1.29 is 14.3 Å². The van der Waals surface area contributed by atoms with Crippen LogP contribution in [-0.2, 0) is 0 Å². The summed E-state index contributed by atoms with van der Waals surface area (Å²) in [5.41, 5.74) is -0.0169. The highest BCUT2D eigenvalue weighted by molar-refractivity contribution is 5.83. The number of anilines is 1. The summed E-state index contributed by atoms with van der Waals surface area (Å²) in [7, 11) is 0. The van der Waals surface area contributed by atoms with Gasteiger partial charge in [-0.05, 0) is 18.2 Å². The van der Waals surface area contributed by atoms with E-state index in [-0.39, 0.29) is 11.3 Å². The molecule has 1 aromatic rings. The molecule has 1 aromatic carbocycles.